The van der Waals surface area contributed by atoms with Crippen molar-refractivity contribution in [3.05, 3.63) is 24.3 Å². The lowest BCUT2D eigenvalue weighted by molar-refractivity contribution is 0.714. The zero-order valence-electron chi connectivity index (χ0n) is 11.2. The van der Waals surface area contributed by atoms with E-state index in [2.05, 4.69) is 78.4 Å². The lowest BCUT2D eigenvalue weighted by Gasteiger charge is -2.42. The number of benzene rings is 1. The van der Waals surface area contributed by atoms with Gasteiger partial charge in [0.15, 0.2) is 0 Å². The molecule has 0 N–H and O–H groups in total. The molecule has 0 saturated heterocycles. The summed E-state index contributed by atoms with van der Waals surface area (Å²) in [6, 6.07) is 8.53. The molecule has 0 atom stereocenters. The van der Waals surface area contributed by atoms with E-state index < -0.39 is 0 Å². The van der Waals surface area contributed by atoms with Crippen molar-refractivity contribution in [2.24, 2.45) is 0 Å². The number of thiol groups is 1. The third-order valence-corrected chi connectivity index (χ3v) is 6.59. The van der Waals surface area contributed by atoms with Gasteiger partial charge >= 0.3 is 0 Å². The summed E-state index contributed by atoms with van der Waals surface area (Å²) >= 11 is 4.62. The van der Waals surface area contributed by atoms with Crippen molar-refractivity contribution >= 4 is 25.9 Å². The summed E-state index contributed by atoms with van der Waals surface area (Å²) in [5, 5.41) is 2.06. The van der Waals surface area contributed by atoms with E-state index in [1.165, 1.54) is 5.30 Å². The molecule has 0 heterocycles. The second kappa shape index (κ2) is 4.70. The smallest absolute Gasteiger partial charge is 0.0117 e. The highest BCUT2D eigenvalue weighted by Crippen LogP contribution is 2.58. The summed E-state index contributed by atoms with van der Waals surface area (Å²) in [5.74, 6) is 0. The molecule has 0 spiro atoms. The fourth-order valence-electron chi connectivity index (χ4n) is 2.38. The Labute approximate surface area is 107 Å². The fourth-order valence-corrected chi connectivity index (χ4v) is 6.84. The van der Waals surface area contributed by atoms with Gasteiger partial charge in [-0.3, -0.25) is 0 Å². The molecule has 1 aromatic rings. The Morgan fingerprint density at radius 3 is 1.69 bits per heavy atom. The molecule has 1 aromatic carbocycles. The van der Waals surface area contributed by atoms with Crippen LogP contribution in [0, 0.1) is 0 Å². The van der Waals surface area contributed by atoms with E-state index in [0.29, 0.717) is 10.3 Å². The molecule has 2 heteroatoms. The average molecular weight is 254 g/mol. The molecular weight excluding hydrogens is 231 g/mol. The second-order valence-electron chi connectivity index (χ2n) is 6.17. The highest BCUT2D eigenvalue weighted by atomic mass is 32.1. The van der Waals surface area contributed by atoms with Gasteiger partial charge in [-0.1, -0.05) is 67.7 Å². The largest absolute Gasteiger partial charge is 0.143 e. The van der Waals surface area contributed by atoms with Gasteiger partial charge in [0, 0.05) is 4.90 Å². The number of hydrogen-bond acceptors (Lipinski definition) is 1. The molecule has 0 aliphatic carbocycles. The molecule has 0 radical (unpaired) electrons. The third-order valence-electron chi connectivity index (χ3n) is 2.46. The van der Waals surface area contributed by atoms with E-state index in [-0.39, 0.29) is 7.92 Å². The molecule has 90 valence electrons. The van der Waals surface area contributed by atoms with Crippen LogP contribution in [0.25, 0.3) is 0 Å². The normalized spacial score (nSPS) is 13.2. The molecule has 0 saturated carbocycles. The van der Waals surface area contributed by atoms with Gasteiger partial charge in [-0.2, -0.15) is 0 Å². The maximum absolute atomic E-state index is 4.62. The first kappa shape index (κ1) is 14.1. The first-order chi connectivity index (χ1) is 7.14. The summed E-state index contributed by atoms with van der Waals surface area (Å²) in [7, 11) is -0.235. The Hall–Kier alpha value is -0.0000000000000000555. The SMILES string of the molecule is CC(C)(C)P(c1ccccc1S)C(C)(C)C. The van der Waals surface area contributed by atoms with E-state index >= 15 is 0 Å². The Balaban J connectivity index is 3.29. The average Bonchev–Trinajstić information content (AvgIpc) is 2.03. The standard InChI is InChI=1S/C14H23PS/c1-13(2,3)15(14(4,5)6)11-9-7-8-10-12(11)16/h7-10,16H,1-6H3. The molecule has 0 nitrogen and oxygen atoms in total. The molecule has 0 aliphatic rings. The summed E-state index contributed by atoms with van der Waals surface area (Å²) in [6.07, 6.45) is 0. The quantitative estimate of drug-likeness (QED) is 0.546. The van der Waals surface area contributed by atoms with Crippen LogP contribution in [-0.4, -0.2) is 10.3 Å². The predicted octanol–water partition coefficient (Wildman–Crippen LogP) is 4.68. The molecule has 0 bridgehead atoms. The Bertz CT molecular complexity index is 344. The van der Waals surface area contributed by atoms with Gasteiger partial charge in [0.1, 0.15) is 0 Å². The van der Waals surface area contributed by atoms with Gasteiger partial charge in [0.05, 0.1) is 0 Å². The minimum absolute atomic E-state index is 0.235. The minimum atomic E-state index is -0.235. The summed E-state index contributed by atoms with van der Waals surface area (Å²) in [4.78, 5) is 1.14. The molecular formula is C14H23PS. The van der Waals surface area contributed by atoms with Crippen LogP contribution in [0.3, 0.4) is 0 Å². The first-order valence-corrected chi connectivity index (χ1v) is 7.51. The fraction of sp³-hybridized carbons (Fsp3) is 0.571. The van der Waals surface area contributed by atoms with Crippen molar-refractivity contribution in [1.29, 1.82) is 0 Å². The van der Waals surface area contributed by atoms with E-state index in [0.717, 1.165) is 4.90 Å². The minimum Gasteiger partial charge on any atom is -0.143 e. The van der Waals surface area contributed by atoms with Crippen LogP contribution in [0.1, 0.15) is 41.5 Å². The maximum Gasteiger partial charge on any atom is 0.0117 e. The van der Waals surface area contributed by atoms with Crippen molar-refractivity contribution in [3.8, 4) is 0 Å². The van der Waals surface area contributed by atoms with Crippen molar-refractivity contribution in [3.63, 3.8) is 0 Å². The van der Waals surface area contributed by atoms with Gasteiger partial charge in [-0.05, 0) is 21.7 Å². The molecule has 0 aromatic heterocycles. The summed E-state index contributed by atoms with van der Waals surface area (Å²) in [5.41, 5.74) is 0. The van der Waals surface area contributed by atoms with Crippen molar-refractivity contribution in [2.45, 2.75) is 56.8 Å². The van der Waals surface area contributed by atoms with E-state index in [9.17, 15) is 0 Å². The van der Waals surface area contributed by atoms with Crippen LogP contribution in [0.5, 0.6) is 0 Å². The lowest BCUT2D eigenvalue weighted by atomic mass is 10.2. The van der Waals surface area contributed by atoms with Crippen LogP contribution in [0.15, 0.2) is 29.2 Å². The van der Waals surface area contributed by atoms with Crippen LogP contribution in [-0.2, 0) is 0 Å². The third kappa shape index (κ3) is 3.25. The maximum atomic E-state index is 4.62. The van der Waals surface area contributed by atoms with Crippen molar-refractivity contribution < 1.29 is 0 Å². The number of hydrogen-bond donors (Lipinski definition) is 1. The van der Waals surface area contributed by atoms with Gasteiger partial charge < -0.3 is 0 Å². The lowest BCUT2D eigenvalue weighted by Crippen LogP contribution is -2.31. The number of rotatable bonds is 1. The predicted molar refractivity (Wildman–Crippen MR) is 79.8 cm³/mol. The Morgan fingerprint density at radius 2 is 1.31 bits per heavy atom. The van der Waals surface area contributed by atoms with Crippen LogP contribution >= 0.6 is 20.6 Å². The second-order valence-corrected chi connectivity index (χ2v) is 10.5. The molecule has 0 unspecified atom stereocenters. The highest BCUT2D eigenvalue weighted by molar-refractivity contribution is 7.81. The van der Waals surface area contributed by atoms with Crippen molar-refractivity contribution in [2.75, 3.05) is 0 Å². The highest BCUT2D eigenvalue weighted by Gasteiger charge is 2.36. The van der Waals surface area contributed by atoms with E-state index in [1.807, 2.05) is 0 Å². The summed E-state index contributed by atoms with van der Waals surface area (Å²) < 4.78 is 0. The molecule has 1 rings (SSSR count). The first-order valence-electron chi connectivity index (χ1n) is 5.72. The molecule has 16 heavy (non-hydrogen) atoms. The van der Waals surface area contributed by atoms with Crippen molar-refractivity contribution in [1.82, 2.24) is 0 Å². The van der Waals surface area contributed by atoms with Gasteiger partial charge in [-0.25, -0.2) is 0 Å². The van der Waals surface area contributed by atoms with Crippen LogP contribution < -0.4 is 5.30 Å². The molecule has 0 fully saturated rings. The topological polar surface area (TPSA) is 0 Å². The Morgan fingerprint density at radius 1 is 0.875 bits per heavy atom. The van der Waals surface area contributed by atoms with Gasteiger partial charge in [-0.15, -0.1) is 12.6 Å². The monoisotopic (exact) mass is 254 g/mol. The van der Waals surface area contributed by atoms with Gasteiger partial charge in [0.25, 0.3) is 0 Å². The van der Waals surface area contributed by atoms with Crippen LogP contribution in [0.4, 0.5) is 0 Å². The zero-order chi connectivity index (χ0) is 12.6. The summed E-state index contributed by atoms with van der Waals surface area (Å²) in [6.45, 7) is 14.0. The zero-order valence-corrected chi connectivity index (χ0v) is 13.0. The van der Waals surface area contributed by atoms with E-state index in [4.69, 9.17) is 0 Å². The Kier molecular flexibility index (Phi) is 4.13. The van der Waals surface area contributed by atoms with E-state index in [1.54, 1.807) is 0 Å². The molecule has 0 amide bonds. The van der Waals surface area contributed by atoms with Gasteiger partial charge in [0.2, 0.25) is 0 Å². The van der Waals surface area contributed by atoms with Crippen LogP contribution in [0.2, 0.25) is 0 Å². The molecule has 0 aliphatic heterocycles.